The van der Waals surface area contributed by atoms with Gasteiger partial charge in [0.1, 0.15) is 0 Å². The van der Waals surface area contributed by atoms with Gasteiger partial charge in [-0.05, 0) is 32.0 Å². The van der Waals surface area contributed by atoms with Gasteiger partial charge in [-0.1, -0.05) is 6.07 Å². The lowest BCUT2D eigenvalue weighted by atomic mass is 10.2. The van der Waals surface area contributed by atoms with Gasteiger partial charge < -0.3 is 15.8 Å². The Morgan fingerprint density at radius 3 is 2.94 bits per heavy atom. The fraction of sp³-hybridized carbons (Fsp3) is 0.417. The number of carbonyl (C=O) groups excluding carboxylic acids is 1. The number of hydrogen-bond donors (Lipinski definition) is 2. The van der Waals surface area contributed by atoms with Crippen LogP contribution in [0.15, 0.2) is 24.3 Å². The van der Waals surface area contributed by atoms with Crippen molar-refractivity contribution < 1.29 is 9.53 Å². The maximum Gasteiger partial charge on any atom is 0.251 e. The second-order valence-electron chi connectivity index (χ2n) is 3.60. The van der Waals surface area contributed by atoms with Crippen molar-refractivity contribution in [2.24, 2.45) is 0 Å². The Hall–Kier alpha value is -1.55. The highest BCUT2D eigenvalue weighted by atomic mass is 16.5. The Bertz CT molecular complexity index is 353. The fourth-order valence-corrected chi connectivity index (χ4v) is 1.36. The maximum absolute atomic E-state index is 11.7. The first-order chi connectivity index (χ1) is 7.63. The van der Waals surface area contributed by atoms with Crippen LogP contribution in [-0.4, -0.2) is 25.2 Å². The molecule has 1 aromatic rings. The van der Waals surface area contributed by atoms with Gasteiger partial charge in [0.25, 0.3) is 5.91 Å². The lowest BCUT2D eigenvalue weighted by Crippen LogP contribution is -2.32. The molecule has 0 aliphatic rings. The van der Waals surface area contributed by atoms with E-state index < -0.39 is 0 Å². The van der Waals surface area contributed by atoms with Crippen LogP contribution in [0.5, 0.6) is 0 Å². The van der Waals surface area contributed by atoms with Crippen molar-refractivity contribution in [3.63, 3.8) is 0 Å². The van der Waals surface area contributed by atoms with E-state index >= 15 is 0 Å². The summed E-state index contributed by atoms with van der Waals surface area (Å²) >= 11 is 0. The number of nitrogen functional groups attached to an aromatic ring is 1. The SMILES string of the molecule is CCOC(C)CNC(=O)c1cccc(N)c1. The molecule has 16 heavy (non-hydrogen) atoms. The molecule has 1 aromatic carbocycles. The van der Waals surface area contributed by atoms with Crippen molar-refractivity contribution in [3.8, 4) is 0 Å². The van der Waals surface area contributed by atoms with E-state index in [4.69, 9.17) is 10.5 Å². The molecule has 0 spiro atoms. The normalized spacial score (nSPS) is 12.1. The molecular weight excluding hydrogens is 204 g/mol. The summed E-state index contributed by atoms with van der Waals surface area (Å²) in [7, 11) is 0. The van der Waals surface area contributed by atoms with E-state index in [9.17, 15) is 4.79 Å². The molecule has 0 saturated heterocycles. The quantitative estimate of drug-likeness (QED) is 0.741. The first-order valence-electron chi connectivity index (χ1n) is 5.38. The summed E-state index contributed by atoms with van der Waals surface area (Å²) in [6.45, 7) is 5.00. The van der Waals surface area contributed by atoms with Gasteiger partial charge in [-0.2, -0.15) is 0 Å². The fourth-order valence-electron chi connectivity index (χ4n) is 1.36. The molecule has 1 amide bonds. The zero-order valence-electron chi connectivity index (χ0n) is 9.69. The summed E-state index contributed by atoms with van der Waals surface area (Å²) in [5.74, 6) is -0.126. The Balaban J connectivity index is 2.47. The smallest absolute Gasteiger partial charge is 0.251 e. The van der Waals surface area contributed by atoms with Gasteiger partial charge in [0.05, 0.1) is 6.10 Å². The minimum absolute atomic E-state index is 0.0232. The highest BCUT2D eigenvalue weighted by Crippen LogP contribution is 2.06. The van der Waals surface area contributed by atoms with Crippen LogP contribution >= 0.6 is 0 Å². The lowest BCUT2D eigenvalue weighted by Gasteiger charge is -2.12. The van der Waals surface area contributed by atoms with Crippen molar-refractivity contribution in [1.29, 1.82) is 0 Å². The molecule has 0 aliphatic heterocycles. The number of benzene rings is 1. The van der Waals surface area contributed by atoms with E-state index in [1.54, 1.807) is 24.3 Å². The summed E-state index contributed by atoms with van der Waals surface area (Å²) in [5.41, 5.74) is 6.76. The van der Waals surface area contributed by atoms with E-state index in [1.807, 2.05) is 13.8 Å². The number of hydrogen-bond acceptors (Lipinski definition) is 3. The first-order valence-corrected chi connectivity index (χ1v) is 5.38. The standard InChI is InChI=1S/C12H18N2O2/c1-3-16-9(2)8-14-12(15)10-5-4-6-11(13)7-10/h4-7,9H,3,8,13H2,1-2H3,(H,14,15). The van der Waals surface area contributed by atoms with Crippen molar-refractivity contribution in [2.75, 3.05) is 18.9 Å². The van der Waals surface area contributed by atoms with Crippen LogP contribution in [-0.2, 0) is 4.74 Å². The van der Waals surface area contributed by atoms with Crippen LogP contribution in [0.25, 0.3) is 0 Å². The van der Waals surface area contributed by atoms with Crippen LogP contribution in [0.4, 0.5) is 5.69 Å². The van der Waals surface area contributed by atoms with E-state index in [0.29, 0.717) is 24.4 Å². The largest absolute Gasteiger partial charge is 0.399 e. The van der Waals surface area contributed by atoms with Crippen molar-refractivity contribution in [3.05, 3.63) is 29.8 Å². The molecule has 88 valence electrons. The predicted molar refractivity (Wildman–Crippen MR) is 64.3 cm³/mol. The van der Waals surface area contributed by atoms with Gasteiger partial charge in [0.15, 0.2) is 0 Å². The number of nitrogens with two attached hydrogens (primary N) is 1. The summed E-state index contributed by atoms with van der Waals surface area (Å²) in [4.78, 5) is 11.7. The molecule has 0 aliphatic carbocycles. The Kier molecular flexibility index (Phi) is 4.79. The molecule has 1 atom stereocenters. The van der Waals surface area contributed by atoms with Gasteiger partial charge in [-0.25, -0.2) is 0 Å². The Labute approximate surface area is 95.8 Å². The average molecular weight is 222 g/mol. The number of amides is 1. The molecule has 0 fully saturated rings. The minimum Gasteiger partial charge on any atom is -0.399 e. The van der Waals surface area contributed by atoms with Crippen LogP contribution in [0, 0.1) is 0 Å². The van der Waals surface area contributed by atoms with Crippen LogP contribution < -0.4 is 11.1 Å². The Morgan fingerprint density at radius 2 is 2.31 bits per heavy atom. The second-order valence-corrected chi connectivity index (χ2v) is 3.60. The van der Waals surface area contributed by atoms with Crippen LogP contribution in [0.2, 0.25) is 0 Å². The zero-order valence-corrected chi connectivity index (χ0v) is 9.69. The van der Waals surface area contributed by atoms with E-state index in [1.165, 1.54) is 0 Å². The molecule has 0 aromatic heterocycles. The molecule has 0 heterocycles. The van der Waals surface area contributed by atoms with Gasteiger partial charge in [-0.15, -0.1) is 0 Å². The van der Waals surface area contributed by atoms with Gasteiger partial charge in [0.2, 0.25) is 0 Å². The van der Waals surface area contributed by atoms with Crippen LogP contribution in [0.1, 0.15) is 24.2 Å². The molecule has 3 N–H and O–H groups in total. The van der Waals surface area contributed by atoms with Gasteiger partial charge in [0, 0.05) is 24.4 Å². The third-order valence-electron chi connectivity index (χ3n) is 2.15. The summed E-state index contributed by atoms with van der Waals surface area (Å²) in [6.07, 6.45) is 0.0232. The topological polar surface area (TPSA) is 64.3 Å². The van der Waals surface area contributed by atoms with Crippen molar-refractivity contribution in [1.82, 2.24) is 5.32 Å². The molecule has 0 saturated carbocycles. The van der Waals surface area contributed by atoms with Crippen molar-refractivity contribution >= 4 is 11.6 Å². The van der Waals surface area contributed by atoms with Gasteiger partial charge in [-0.3, -0.25) is 4.79 Å². The van der Waals surface area contributed by atoms with E-state index in [2.05, 4.69) is 5.32 Å². The molecule has 1 unspecified atom stereocenters. The zero-order chi connectivity index (χ0) is 12.0. The molecule has 0 bridgehead atoms. The number of nitrogens with one attached hydrogen (secondary N) is 1. The third kappa shape index (κ3) is 3.90. The molecule has 1 rings (SSSR count). The minimum atomic E-state index is -0.126. The number of ether oxygens (including phenoxy) is 1. The molecule has 4 heteroatoms. The Morgan fingerprint density at radius 1 is 1.56 bits per heavy atom. The van der Waals surface area contributed by atoms with Crippen LogP contribution in [0.3, 0.4) is 0 Å². The lowest BCUT2D eigenvalue weighted by molar-refractivity contribution is 0.0695. The number of anilines is 1. The summed E-state index contributed by atoms with van der Waals surface area (Å²) in [5, 5.41) is 2.79. The van der Waals surface area contributed by atoms with Crippen molar-refractivity contribution in [2.45, 2.75) is 20.0 Å². The molecular formula is C12H18N2O2. The first kappa shape index (κ1) is 12.5. The second kappa shape index (κ2) is 6.12. The highest BCUT2D eigenvalue weighted by molar-refractivity contribution is 5.94. The highest BCUT2D eigenvalue weighted by Gasteiger charge is 2.07. The number of carbonyl (C=O) groups is 1. The summed E-state index contributed by atoms with van der Waals surface area (Å²) < 4.78 is 5.31. The summed E-state index contributed by atoms with van der Waals surface area (Å²) in [6, 6.07) is 6.90. The van der Waals surface area contributed by atoms with Gasteiger partial charge >= 0.3 is 0 Å². The predicted octanol–water partition coefficient (Wildman–Crippen LogP) is 1.42. The third-order valence-corrected chi connectivity index (χ3v) is 2.15. The van der Waals surface area contributed by atoms with E-state index in [-0.39, 0.29) is 12.0 Å². The molecule has 0 radical (unpaired) electrons. The maximum atomic E-state index is 11.7. The molecule has 4 nitrogen and oxygen atoms in total. The van der Waals surface area contributed by atoms with E-state index in [0.717, 1.165) is 0 Å². The number of rotatable bonds is 5. The average Bonchev–Trinajstić information content (AvgIpc) is 2.26. The monoisotopic (exact) mass is 222 g/mol.